The first-order valence-electron chi connectivity index (χ1n) is 6.22. The minimum atomic E-state index is -4.38. The molecule has 1 aromatic carbocycles. The summed E-state index contributed by atoms with van der Waals surface area (Å²) in [4.78, 5) is 11.3. The number of carbonyl (C=O) groups excluding carboxylic acids is 1. The van der Waals surface area contributed by atoms with Gasteiger partial charge in [-0.15, -0.1) is 0 Å². The molecule has 0 unspecified atom stereocenters. The van der Waals surface area contributed by atoms with Crippen molar-refractivity contribution in [1.82, 2.24) is 5.32 Å². The van der Waals surface area contributed by atoms with E-state index in [1.54, 1.807) is 0 Å². The molecule has 5 N–H and O–H groups in total. The molecule has 114 valence electrons. The molecule has 0 saturated carbocycles. The van der Waals surface area contributed by atoms with Crippen LogP contribution in [0.25, 0.3) is 0 Å². The van der Waals surface area contributed by atoms with Crippen molar-refractivity contribution in [2.24, 2.45) is 11.5 Å². The monoisotopic (exact) mass is 291 g/mol. The van der Waals surface area contributed by atoms with E-state index in [9.17, 15) is 18.0 Å². The van der Waals surface area contributed by atoms with Gasteiger partial charge in [0.25, 0.3) is 5.91 Å². The van der Waals surface area contributed by atoms with Crippen molar-refractivity contribution in [1.29, 1.82) is 0 Å². The van der Waals surface area contributed by atoms with Gasteiger partial charge in [0.1, 0.15) is 0 Å². The van der Waals surface area contributed by atoms with Crippen LogP contribution in [0.3, 0.4) is 0 Å². The summed E-state index contributed by atoms with van der Waals surface area (Å²) in [5.74, 6) is -0.431. The molecule has 1 rings (SSSR count). The molecule has 1 aromatic rings. The van der Waals surface area contributed by atoms with Crippen LogP contribution in [0.5, 0.6) is 0 Å². The lowest BCUT2D eigenvalue weighted by molar-refractivity contribution is -0.137. The second-order valence-corrected chi connectivity index (χ2v) is 3.91. The maximum absolute atomic E-state index is 12.2. The van der Waals surface area contributed by atoms with Gasteiger partial charge in [-0.3, -0.25) is 4.79 Å². The minimum Gasteiger partial charge on any atom is -0.351 e. The lowest BCUT2D eigenvalue weighted by Crippen LogP contribution is -2.28. The standard InChI is InChI=1S/C10H11F3N2O.C3H9N/c11-10(12,13)8-3-1-7(2-4-8)9(16)15-6-5-14;1-2-3-4/h1-4H,5-6,14H2,(H,15,16);2-4H2,1H3. The number of hydrogen-bond acceptors (Lipinski definition) is 3. The Kier molecular flexibility index (Phi) is 8.58. The summed E-state index contributed by atoms with van der Waals surface area (Å²) in [6, 6.07) is 4.01. The van der Waals surface area contributed by atoms with Crippen LogP contribution in [0.4, 0.5) is 13.2 Å². The van der Waals surface area contributed by atoms with Crippen LogP contribution in [0.2, 0.25) is 0 Å². The maximum Gasteiger partial charge on any atom is 0.416 e. The Labute approximate surface area is 116 Å². The number of amides is 1. The summed E-state index contributed by atoms with van der Waals surface area (Å²) in [6.07, 6.45) is -3.29. The molecule has 1 amide bonds. The van der Waals surface area contributed by atoms with E-state index < -0.39 is 17.6 Å². The summed E-state index contributed by atoms with van der Waals surface area (Å²) in [5, 5.41) is 2.46. The third kappa shape index (κ3) is 7.10. The topological polar surface area (TPSA) is 81.1 Å². The fraction of sp³-hybridized carbons (Fsp3) is 0.462. The highest BCUT2D eigenvalue weighted by atomic mass is 19.4. The Bertz CT molecular complexity index is 389. The molecule has 20 heavy (non-hydrogen) atoms. The van der Waals surface area contributed by atoms with Crippen molar-refractivity contribution in [2.75, 3.05) is 19.6 Å². The first-order valence-corrected chi connectivity index (χ1v) is 6.22. The first-order chi connectivity index (χ1) is 9.36. The fourth-order valence-corrected chi connectivity index (χ4v) is 1.10. The Morgan fingerprint density at radius 3 is 2.00 bits per heavy atom. The molecule has 7 heteroatoms. The van der Waals surface area contributed by atoms with E-state index in [1.165, 1.54) is 0 Å². The molecule has 0 atom stereocenters. The summed E-state index contributed by atoms with van der Waals surface area (Å²) in [7, 11) is 0. The highest BCUT2D eigenvalue weighted by molar-refractivity contribution is 5.94. The van der Waals surface area contributed by atoms with Crippen molar-refractivity contribution in [3.05, 3.63) is 35.4 Å². The van der Waals surface area contributed by atoms with E-state index in [1.807, 2.05) is 0 Å². The number of benzene rings is 1. The number of nitrogens with one attached hydrogen (secondary N) is 1. The van der Waals surface area contributed by atoms with E-state index in [4.69, 9.17) is 11.5 Å². The van der Waals surface area contributed by atoms with Crippen molar-refractivity contribution < 1.29 is 18.0 Å². The molecule has 0 heterocycles. The molecule has 0 aliphatic heterocycles. The molecule has 0 aliphatic carbocycles. The molecule has 0 spiro atoms. The molecule has 4 nitrogen and oxygen atoms in total. The first kappa shape index (κ1) is 18.4. The van der Waals surface area contributed by atoms with Crippen molar-refractivity contribution in [3.63, 3.8) is 0 Å². The predicted molar refractivity (Wildman–Crippen MR) is 72.2 cm³/mol. The van der Waals surface area contributed by atoms with Crippen LogP contribution in [0.15, 0.2) is 24.3 Å². The highest BCUT2D eigenvalue weighted by Gasteiger charge is 2.30. The van der Waals surface area contributed by atoms with Gasteiger partial charge >= 0.3 is 6.18 Å². The number of halogens is 3. The molecular weight excluding hydrogens is 271 g/mol. The third-order valence-electron chi connectivity index (χ3n) is 2.19. The minimum absolute atomic E-state index is 0.182. The molecule has 0 radical (unpaired) electrons. The van der Waals surface area contributed by atoms with Gasteiger partial charge in [0.2, 0.25) is 0 Å². The summed E-state index contributed by atoms with van der Waals surface area (Å²) in [5.41, 5.74) is 9.61. The number of alkyl halides is 3. The quantitative estimate of drug-likeness (QED) is 0.790. The second-order valence-electron chi connectivity index (χ2n) is 3.91. The van der Waals surface area contributed by atoms with E-state index in [2.05, 4.69) is 12.2 Å². The average Bonchev–Trinajstić information content (AvgIpc) is 2.44. The van der Waals surface area contributed by atoms with Gasteiger partial charge in [-0.05, 0) is 37.2 Å². The second kappa shape index (κ2) is 9.33. The maximum atomic E-state index is 12.2. The molecule has 0 saturated heterocycles. The molecular formula is C13H20F3N3O. The third-order valence-corrected chi connectivity index (χ3v) is 2.19. The van der Waals surface area contributed by atoms with Crippen molar-refractivity contribution in [3.8, 4) is 0 Å². The molecule has 0 aromatic heterocycles. The molecule has 0 aliphatic rings. The van der Waals surface area contributed by atoms with Gasteiger partial charge in [0.15, 0.2) is 0 Å². The van der Waals surface area contributed by atoms with Crippen LogP contribution in [0.1, 0.15) is 29.3 Å². The number of rotatable bonds is 4. The van der Waals surface area contributed by atoms with E-state index in [-0.39, 0.29) is 12.1 Å². The summed E-state index contributed by atoms with van der Waals surface area (Å²) >= 11 is 0. The summed E-state index contributed by atoms with van der Waals surface area (Å²) in [6.45, 7) is 3.45. The van der Waals surface area contributed by atoms with Crippen LogP contribution in [-0.4, -0.2) is 25.5 Å². The van der Waals surface area contributed by atoms with E-state index in [0.29, 0.717) is 6.54 Å². The summed E-state index contributed by atoms with van der Waals surface area (Å²) < 4.78 is 36.6. The van der Waals surface area contributed by atoms with Gasteiger partial charge in [0, 0.05) is 18.7 Å². The Hall–Kier alpha value is -1.60. The normalized spacial score (nSPS) is 10.5. The van der Waals surface area contributed by atoms with Crippen molar-refractivity contribution >= 4 is 5.91 Å². The molecule has 0 fully saturated rings. The number of hydrogen-bond donors (Lipinski definition) is 3. The molecule has 0 bridgehead atoms. The van der Waals surface area contributed by atoms with Gasteiger partial charge < -0.3 is 16.8 Å². The average molecular weight is 291 g/mol. The Balaban J connectivity index is 0.000000796. The van der Waals surface area contributed by atoms with Crippen molar-refractivity contribution in [2.45, 2.75) is 19.5 Å². The number of nitrogens with two attached hydrogens (primary N) is 2. The zero-order chi connectivity index (χ0) is 15.6. The van der Waals surface area contributed by atoms with Crippen LogP contribution in [-0.2, 0) is 6.18 Å². The smallest absolute Gasteiger partial charge is 0.351 e. The van der Waals surface area contributed by atoms with Crippen LogP contribution >= 0.6 is 0 Å². The lowest BCUT2D eigenvalue weighted by atomic mass is 10.1. The largest absolute Gasteiger partial charge is 0.416 e. The van der Waals surface area contributed by atoms with Gasteiger partial charge in [-0.2, -0.15) is 13.2 Å². The van der Waals surface area contributed by atoms with Crippen LogP contribution < -0.4 is 16.8 Å². The van der Waals surface area contributed by atoms with E-state index >= 15 is 0 Å². The SMILES string of the molecule is CCCN.NCCNC(=O)c1ccc(C(F)(F)F)cc1. The predicted octanol–water partition coefficient (Wildman–Crippen LogP) is 1.75. The van der Waals surface area contributed by atoms with Gasteiger partial charge in [-0.1, -0.05) is 6.92 Å². The zero-order valence-corrected chi connectivity index (χ0v) is 11.3. The Morgan fingerprint density at radius 1 is 1.15 bits per heavy atom. The Morgan fingerprint density at radius 2 is 1.65 bits per heavy atom. The van der Waals surface area contributed by atoms with Gasteiger partial charge in [0.05, 0.1) is 5.56 Å². The van der Waals surface area contributed by atoms with E-state index in [0.717, 1.165) is 37.2 Å². The fourth-order valence-electron chi connectivity index (χ4n) is 1.10. The number of carbonyl (C=O) groups is 1. The highest BCUT2D eigenvalue weighted by Crippen LogP contribution is 2.28. The van der Waals surface area contributed by atoms with Gasteiger partial charge in [-0.25, -0.2) is 0 Å². The zero-order valence-electron chi connectivity index (χ0n) is 11.3. The lowest BCUT2D eigenvalue weighted by Gasteiger charge is -2.07. The van der Waals surface area contributed by atoms with Crippen LogP contribution in [0, 0.1) is 0 Å².